The maximum Gasteiger partial charge on any atom is 0.325 e. The summed E-state index contributed by atoms with van der Waals surface area (Å²) in [6.45, 7) is 6.62. The Morgan fingerprint density at radius 2 is 2.32 bits per heavy atom. The molecule has 2 heterocycles. The number of carbonyl (C=O) groups excluding carboxylic acids is 2. The molecular weight excluding hydrogens is 286 g/mol. The van der Waals surface area contributed by atoms with Crippen LogP contribution in [0.4, 0.5) is 4.79 Å². The van der Waals surface area contributed by atoms with Crippen molar-refractivity contribution in [2.24, 2.45) is 0 Å². The Bertz CT molecular complexity index is 527. The zero-order valence-corrected chi connectivity index (χ0v) is 13.3. The van der Waals surface area contributed by atoms with Gasteiger partial charge >= 0.3 is 12.0 Å². The molecule has 0 aromatic carbocycles. The molecule has 1 aromatic heterocycles. The van der Waals surface area contributed by atoms with Crippen LogP contribution in [0, 0.1) is 0 Å². The second-order valence-electron chi connectivity index (χ2n) is 5.62. The Kier molecular flexibility index (Phi) is 5.41. The number of likely N-dealkylation sites (tertiary alicyclic amines) is 1. The molecule has 0 bridgehead atoms. The molecular formula is C15H23N3O4. The molecule has 7 heteroatoms. The summed E-state index contributed by atoms with van der Waals surface area (Å²) in [4.78, 5) is 25.2. The number of ether oxygens (including phenoxy) is 1. The average Bonchev–Trinajstić information content (AvgIpc) is 3.13. The largest absolute Gasteiger partial charge is 0.465 e. The number of rotatable bonds is 5. The van der Waals surface area contributed by atoms with Gasteiger partial charge in [-0.3, -0.25) is 4.79 Å². The van der Waals surface area contributed by atoms with Gasteiger partial charge in [-0.1, -0.05) is 19.0 Å². The molecule has 22 heavy (non-hydrogen) atoms. The molecule has 0 saturated carbocycles. The first-order valence-electron chi connectivity index (χ1n) is 7.69. The van der Waals surface area contributed by atoms with Crippen molar-refractivity contribution in [3.05, 3.63) is 17.5 Å². The molecule has 1 saturated heterocycles. The van der Waals surface area contributed by atoms with Gasteiger partial charge in [-0.25, -0.2) is 4.79 Å². The molecule has 0 radical (unpaired) electrons. The quantitative estimate of drug-likeness (QED) is 0.843. The summed E-state index contributed by atoms with van der Waals surface area (Å²) in [7, 11) is 0. The molecule has 0 aliphatic carbocycles. The van der Waals surface area contributed by atoms with Crippen molar-refractivity contribution >= 4 is 12.0 Å². The van der Waals surface area contributed by atoms with Gasteiger partial charge < -0.3 is 19.5 Å². The summed E-state index contributed by atoms with van der Waals surface area (Å²) in [6, 6.07) is 1.54. The van der Waals surface area contributed by atoms with E-state index in [4.69, 9.17) is 9.26 Å². The summed E-state index contributed by atoms with van der Waals surface area (Å²) in [5.41, 5.74) is 0.771. The van der Waals surface area contributed by atoms with E-state index in [2.05, 4.69) is 10.5 Å². The van der Waals surface area contributed by atoms with E-state index in [0.29, 0.717) is 13.2 Å². The van der Waals surface area contributed by atoms with Crippen LogP contribution in [0.25, 0.3) is 0 Å². The van der Waals surface area contributed by atoms with Crippen LogP contribution in [0.1, 0.15) is 57.0 Å². The van der Waals surface area contributed by atoms with Crippen LogP contribution >= 0.6 is 0 Å². The van der Waals surface area contributed by atoms with Crippen molar-refractivity contribution in [1.29, 1.82) is 0 Å². The number of esters is 1. The van der Waals surface area contributed by atoms with Crippen LogP contribution in [0.3, 0.4) is 0 Å². The summed E-state index contributed by atoms with van der Waals surface area (Å²) in [5, 5.41) is 6.68. The Morgan fingerprint density at radius 3 is 2.95 bits per heavy atom. The fraction of sp³-hybridized carbons (Fsp3) is 0.667. The maximum atomic E-state index is 12.2. The highest BCUT2D eigenvalue weighted by atomic mass is 16.5. The van der Waals surface area contributed by atoms with Gasteiger partial charge in [-0.15, -0.1) is 0 Å². The molecule has 1 aromatic rings. The van der Waals surface area contributed by atoms with Gasteiger partial charge in [-0.05, 0) is 19.8 Å². The highest BCUT2D eigenvalue weighted by Gasteiger charge is 2.32. The highest BCUT2D eigenvalue weighted by molar-refractivity contribution is 5.81. The predicted molar refractivity (Wildman–Crippen MR) is 79.3 cm³/mol. The van der Waals surface area contributed by atoms with Gasteiger partial charge in [0.05, 0.1) is 12.6 Å². The molecule has 1 aliphatic heterocycles. The SMILES string of the molecule is CCOC(=O)CNC(=O)N1CCCC1c1cc(C(C)C)on1. The minimum atomic E-state index is -0.435. The van der Waals surface area contributed by atoms with Crippen LogP contribution in [0.2, 0.25) is 0 Å². The van der Waals surface area contributed by atoms with Crippen molar-refractivity contribution in [1.82, 2.24) is 15.4 Å². The first kappa shape index (κ1) is 16.3. The number of nitrogens with one attached hydrogen (secondary N) is 1. The molecule has 1 N–H and O–H groups in total. The topological polar surface area (TPSA) is 84.7 Å². The molecule has 7 nitrogen and oxygen atoms in total. The molecule has 2 amide bonds. The van der Waals surface area contributed by atoms with Gasteiger partial charge in [0.2, 0.25) is 0 Å². The fourth-order valence-corrected chi connectivity index (χ4v) is 2.51. The molecule has 1 atom stereocenters. The monoisotopic (exact) mass is 309 g/mol. The first-order valence-corrected chi connectivity index (χ1v) is 7.69. The van der Waals surface area contributed by atoms with E-state index in [9.17, 15) is 9.59 Å². The summed E-state index contributed by atoms with van der Waals surface area (Å²) < 4.78 is 10.1. The fourth-order valence-electron chi connectivity index (χ4n) is 2.51. The lowest BCUT2D eigenvalue weighted by molar-refractivity contribution is -0.141. The summed E-state index contributed by atoms with van der Waals surface area (Å²) in [5.74, 6) is 0.637. The van der Waals surface area contributed by atoms with Crippen molar-refractivity contribution in [2.75, 3.05) is 19.7 Å². The van der Waals surface area contributed by atoms with Gasteiger partial charge in [-0.2, -0.15) is 0 Å². The lowest BCUT2D eigenvalue weighted by Gasteiger charge is -2.23. The Morgan fingerprint density at radius 1 is 1.55 bits per heavy atom. The van der Waals surface area contributed by atoms with Crippen molar-refractivity contribution in [3.63, 3.8) is 0 Å². The van der Waals surface area contributed by atoms with E-state index in [1.54, 1.807) is 11.8 Å². The van der Waals surface area contributed by atoms with Gasteiger partial charge in [0, 0.05) is 18.5 Å². The number of hydrogen-bond donors (Lipinski definition) is 1. The van der Waals surface area contributed by atoms with Crippen LogP contribution in [-0.2, 0) is 9.53 Å². The van der Waals surface area contributed by atoms with Crippen molar-refractivity contribution < 1.29 is 18.8 Å². The second-order valence-corrected chi connectivity index (χ2v) is 5.62. The molecule has 1 aliphatic rings. The van der Waals surface area contributed by atoms with E-state index < -0.39 is 5.97 Å². The van der Waals surface area contributed by atoms with Gasteiger partial charge in [0.15, 0.2) is 0 Å². The second kappa shape index (κ2) is 7.29. The smallest absolute Gasteiger partial charge is 0.325 e. The van der Waals surface area contributed by atoms with Crippen molar-refractivity contribution in [2.45, 2.75) is 45.6 Å². The summed E-state index contributed by atoms with van der Waals surface area (Å²) >= 11 is 0. The average molecular weight is 309 g/mol. The molecule has 122 valence electrons. The van der Waals surface area contributed by atoms with E-state index in [1.807, 2.05) is 19.9 Å². The number of nitrogens with zero attached hydrogens (tertiary/aromatic N) is 2. The standard InChI is InChI=1S/C15H23N3O4/c1-4-21-14(19)9-16-15(20)18-7-5-6-12(18)11-8-13(10(2)3)22-17-11/h8,10,12H,4-7,9H2,1-3H3,(H,16,20). The van der Waals surface area contributed by atoms with Crippen LogP contribution < -0.4 is 5.32 Å². The molecule has 2 rings (SSSR count). The highest BCUT2D eigenvalue weighted by Crippen LogP contribution is 2.32. The van der Waals surface area contributed by atoms with Gasteiger partial charge in [0.25, 0.3) is 0 Å². The van der Waals surface area contributed by atoms with E-state index in [-0.39, 0.29) is 24.5 Å². The maximum absolute atomic E-state index is 12.2. The first-order chi connectivity index (χ1) is 10.5. The van der Waals surface area contributed by atoms with Crippen LogP contribution in [0.5, 0.6) is 0 Å². The van der Waals surface area contributed by atoms with Crippen LogP contribution in [0.15, 0.2) is 10.6 Å². The Labute approximate surface area is 130 Å². The number of amides is 2. The number of hydrogen-bond acceptors (Lipinski definition) is 5. The molecule has 1 unspecified atom stereocenters. The van der Waals surface area contributed by atoms with Crippen LogP contribution in [-0.4, -0.2) is 41.8 Å². The minimum Gasteiger partial charge on any atom is -0.465 e. The minimum absolute atomic E-state index is 0.0987. The third-order valence-corrected chi connectivity index (χ3v) is 3.66. The van der Waals surface area contributed by atoms with E-state index >= 15 is 0 Å². The summed E-state index contributed by atoms with van der Waals surface area (Å²) in [6.07, 6.45) is 1.75. The zero-order chi connectivity index (χ0) is 16.1. The number of aromatic nitrogens is 1. The van der Waals surface area contributed by atoms with Crippen molar-refractivity contribution in [3.8, 4) is 0 Å². The molecule has 1 fully saturated rings. The third kappa shape index (κ3) is 3.78. The lowest BCUT2D eigenvalue weighted by atomic mass is 10.1. The predicted octanol–water partition coefficient (Wildman–Crippen LogP) is 2.21. The lowest BCUT2D eigenvalue weighted by Crippen LogP contribution is -2.42. The number of urea groups is 1. The van der Waals surface area contributed by atoms with E-state index in [0.717, 1.165) is 24.3 Å². The zero-order valence-electron chi connectivity index (χ0n) is 13.3. The third-order valence-electron chi connectivity index (χ3n) is 3.66. The Balaban J connectivity index is 1.97. The normalized spacial score (nSPS) is 17.8. The van der Waals surface area contributed by atoms with Gasteiger partial charge in [0.1, 0.15) is 18.0 Å². The Hall–Kier alpha value is -2.05. The van der Waals surface area contributed by atoms with E-state index in [1.165, 1.54) is 0 Å². The number of carbonyl (C=O) groups is 2. The molecule has 0 spiro atoms.